The van der Waals surface area contributed by atoms with Crippen LogP contribution in [0, 0.1) is 6.26 Å². The highest BCUT2D eigenvalue weighted by atomic mass is 19.4. The van der Waals surface area contributed by atoms with Crippen molar-refractivity contribution in [1.29, 1.82) is 0 Å². The van der Waals surface area contributed by atoms with Crippen molar-refractivity contribution in [2.45, 2.75) is 6.18 Å². The SMILES string of the molecule is FC(F)(F)c1cccc2co[c]c12. The molecule has 1 radical (unpaired) electrons. The van der Waals surface area contributed by atoms with E-state index in [0.29, 0.717) is 5.39 Å². The van der Waals surface area contributed by atoms with Crippen molar-refractivity contribution >= 4 is 10.8 Å². The molecule has 0 fully saturated rings. The molecule has 67 valence electrons. The number of hydrogen-bond donors (Lipinski definition) is 0. The Hall–Kier alpha value is -1.45. The van der Waals surface area contributed by atoms with Gasteiger partial charge in [0.1, 0.15) is 0 Å². The van der Waals surface area contributed by atoms with E-state index in [4.69, 9.17) is 0 Å². The lowest BCUT2D eigenvalue weighted by Crippen LogP contribution is -2.04. The Labute approximate surface area is 71.8 Å². The fourth-order valence-corrected chi connectivity index (χ4v) is 1.17. The van der Waals surface area contributed by atoms with Gasteiger partial charge in [0, 0.05) is 10.8 Å². The second-order valence-electron chi connectivity index (χ2n) is 2.61. The minimum absolute atomic E-state index is 0.0185. The molecule has 0 amide bonds. The predicted octanol–water partition coefficient (Wildman–Crippen LogP) is 3.25. The third-order valence-electron chi connectivity index (χ3n) is 1.75. The first-order chi connectivity index (χ1) is 6.09. The predicted molar refractivity (Wildman–Crippen MR) is 40.1 cm³/mol. The van der Waals surface area contributed by atoms with E-state index >= 15 is 0 Å². The molecule has 13 heavy (non-hydrogen) atoms. The molecule has 0 aliphatic carbocycles. The lowest BCUT2D eigenvalue weighted by atomic mass is 10.1. The van der Waals surface area contributed by atoms with E-state index in [0.717, 1.165) is 6.07 Å². The maximum atomic E-state index is 12.3. The van der Waals surface area contributed by atoms with E-state index in [-0.39, 0.29) is 5.39 Å². The summed E-state index contributed by atoms with van der Waals surface area (Å²) in [5.41, 5.74) is -0.709. The van der Waals surface area contributed by atoms with Gasteiger partial charge in [-0.15, -0.1) is 0 Å². The van der Waals surface area contributed by atoms with Gasteiger partial charge in [-0.2, -0.15) is 13.2 Å². The van der Waals surface area contributed by atoms with Crippen LogP contribution < -0.4 is 0 Å². The van der Waals surface area contributed by atoms with Gasteiger partial charge in [-0.25, -0.2) is 0 Å². The zero-order valence-corrected chi connectivity index (χ0v) is 6.35. The number of hydrogen-bond acceptors (Lipinski definition) is 1. The largest absolute Gasteiger partial charge is 0.460 e. The van der Waals surface area contributed by atoms with E-state index in [2.05, 4.69) is 10.7 Å². The van der Waals surface area contributed by atoms with E-state index in [1.54, 1.807) is 6.07 Å². The summed E-state index contributed by atoms with van der Waals surface area (Å²) in [4.78, 5) is 0. The summed E-state index contributed by atoms with van der Waals surface area (Å²) in [6.07, 6.45) is -0.907. The summed E-state index contributed by atoms with van der Waals surface area (Å²) in [6.45, 7) is 0. The van der Waals surface area contributed by atoms with Crippen LogP contribution in [0.5, 0.6) is 0 Å². The average molecular weight is 185 g/mol. The van der Waals surface area contributed by atoms with Crippen molar-refractivity contribution in [3.8, 4) is 0 Å². The third kappa shape index (κ3) is 1.28. The maximum absolute atomic E-state index is 12.3. The van der Waals surface area contributed by atoms with Gasteiger partial charge in [0.05, 0.1) is 11.8 Å². The maximum Gasteiger partial charge on any atom is 0.417 e. The van der Waals surface area contributed by atoms with E-state index in [1.807, 2.05) is 0 Å². The molecule has 0 aliphatic rings. The molecule has 0 saturated heterocycles. The zero-order valence-electron chi connectivity index (χ0n) is 6.35. The second kappa shape index (κ2) is 2.52. The van der Waals surface area contributed by atoms with Gasteiger partial charge in [-0.3, -0.25) is 0 Å². The fraction of sp³-hybridized carbons (Fsp3) is 0.111. The molecule has 0 spiro atoms. The van der Waals surface area contributed by atoms with Crippen LogP contribution >= 0.6 is 0 Å². The number of furan rings is 1. The highest BCUT2D eigenvalue weighted by molar-refractivity contribution is 5.84. The first-order valence-corrected chi connectivity index (χ1v) is 3.54. The van der Waals surface area contributed by atoms with Gasteiger partial charge in [-0.05, 0) is 6.07 Å². The molecule has 4 heteroatoms. The number of fused-ring (bicyclic) bond motifs is 1. The van der Waals surface area contributed by atoms with Crippen LogP contribution in [-0.4, -0.2) is 0 Å². The molecule has 2 rings (SSSR count). The van der Waals surface area contributed by atoms with Crippen molar-refractivity contribution in [1.82, 2.24) is 0 Å². The Morgan fingerprint density at radius 1 is 1.23 bits per heavy atom. The minimum atomic E-state index is -4.35. The molecule has 0 atom stereocenters. The van der Waals surface area contributed by atoms with E-state index in [1.165, 1.54) is 12.3 Å². The number of rotatable bonds is 0. The van der Waals surface area contributed by atoms with Crippen LogP contribution in [0.4, 0.5) is 13.2 Å². The molecule has 0 bridgehead atoms. The van der Waals surface area contributed by atoms with Gasteiger partial charge in [0.2, 0.25) is 0 Å². The van der Waals surface area contributed by atoms with E-state index < -0.39 is 11.7 Å². The molecule has 1 nitrogen and oxygen atoms in total. The quantitative estimate of drug-likeness (QED) is 0.614. The molecule has 1 aromatic carbocycles. The number of alkyl halides is 3. The molecular weight excluding hydrogens is 181 g/mol. The lowest BCUT2D eigenvalue weighted by molar-refractivity contribution is -0.136. The summed E-state index contributed by atoms with van der Waals surface area (Å²) in [7, 11) is 0. The monoisotopic (exact) mass is 185 g/mol. The minimum Gasteiger partial charge on any atom is -0.460 e. The lowest BCUT2D eigenvalue weighted by Gasteiger charge is -2.06. The summed E-state index contributed by atoms with van der Waals surface area (Å²) >= 11 is 0. The third-order valence-corrected chi connectivity index (χ3v) is 1.75. The fourth-order valence-electron chi connectivity index (χ4n) is 1.17. The Morgan fingerprint density at radius 2 is 2.00 bits per heavy atom. The molecule has 0 unspecified atom stereocenters. The van der Waals surface area contributed by atoms with Gasteiger partial charge in [0.25, 0.3) is 0 Å². The average Bonchev–Trinajstić information content (AvgIpc) is 2.48. The van der Waals surface area contributed by atoms with Crippen molar-refractivity contribution in [3.63, 3.8) is 0 Å². The summed E-state index contributed by atoms with van der Waals surface area (Å²) in [5.74, 6) is 0. The van der Waals surface area contributed by atoms with Crippen LogP contribution in [0.1, 0.15) is 5.56 Å². The molecule has 1 heterocycles. The van der Waals surface area contributed by atoms with Gasteiger partial charge in [0.15, 0.2) is 6.26 Å². The molecule has 0 N–H and O–H groups in total. The molecule has 0 aliphatic heterocycles. The number of halogens is 3. The van der Waals surface area contributed by atoms with Crippen LogP contribution in [-0.2, 0) is 6.18 Å². The Kier molecular flexibility index (Phi) is 1.58. The smallest absolute Gasteiger partial charge is 0.417 e. The zero-order chi connectivity index (χ0) is 9.47. The standard InChI is InChI=1S/C9H4F3O/c10-9(11,12)8-3-1-2-6-4-13-5-7(6)8/h1-4H. The Balaban J connectivity index is 2.75. The summed E-state index contributed by atoms with van der Waals surface area (Å²) in [6, 6.07) is 3.90. The summed E-state index contributed by atoms with van der Waals surface area (Å²) < 4.78 is 41.6. The molecule has 0 saturated carbocycles. The Bertz CT molecular complexity index is 428. The summed E-state index contributed by atoms with van der Waals surface area (Å²) in [5, 5.41) is 0.393. The van der Waals surface area contributed by atoms with Crippen molar-refractivity contribution in [3.05, 3.63) is 36.3 Å². The number of benzene rings is 1. The topological polar surface area (TPSA) is 13.1 Å². The van der Waals surface area contributed by atoms with Gasteiger partial charge < -0.3 is 4.42 Å². The highest BCUT2D eigenvalue weighted by Crippen LogP contribution is 2.34. The van der Waals surface area contributed by atoms with E-state index in [9.17, 15) is 13.2 Å². The molecule has 2 aromatic rings. The van der Waals surface area contributed by atoms with Crippen LogP contribution in [0.25, 0.3) is 10.8 Å². The van der Waals surface area contributed by atoms with Crippen molar-refractivity contribution < 1.29 is 17.6 Å². The van der Waals surface area contributed by atoms with Crippen LogP contribution in [0.2, 0.25) is 0 Å². The molecular formula is C9H4F3O. The second-order valence-corrected chi connectivity index (χ2v) is 2.61. The van der Waals surface area contributed by atoms with Gasteiger partial charge in [-0.1, -0.05) is 12.1 Å². The first kappa shape index (κ1) is 8.16. The van der Waals surface area contributed by atoms with Gasteiger partial charge >= 0.3 is 6.18 Å². The van der Waals surface area contributed by atoms with Crippen LogP contribution in [0.15, 0.2) is 28.9 Å². The Morgan fingerprint density at radius 3 is 2.69 bits per heavy atom. The first-order valence-electron chi connectivity index (χ1n) is 3.54. The van der Waals surface area contributed by atoms with Crippen LogP contribution in [0.3, 0.4) is 0 Å². The molecule has 1 aromatic heterocycles. The van der Waals surface area contributed by atoms with Crippen molar-refractivity contribution in [2.24, 2.45) is 0 Å². The normalized spacial score (nSPS) is 12.2. The highest BCUT2D eigenvalue weighted by Gasteiger charge is 2.32. The van der Waals surface area contributed by atoms with Crippen molar-refractivity contribution in [2.75, 3.05) is 0 Å².